The van der Waals surface area contributed by atoms with E-state index in [0.717, 1.165) is 0 Å². The third-order valence-corrected chi connectivity index (χ3v) is 1.73. The van der Waals surface area contributed by atoms with E-state index in [1.807, 2.05) is 13.8 Å². The van der Waals surface area contributed by atoms with Crippen molar-refractivity contribution in [2.75, 3.05) is 18.9 Å². The summed E-state index contributed by atoms with van der Waals surface area (Å²) in [5, 5.41) is 5.31. The number of pyridine rings is 1. The zero-order chi connectivity index (χ0) is 12.6. The van der Waals surface area contributed by atoms with Gasteiger partial charge in [0.25, 0.3) is 5.56 Å². The predicted molar refractivity (Wildman–Crippen MR) is 65.6 cm³/mol. The summed E-state index contributed by atoms with van der Waals surface area (Å²) in [5.41, 5.74) is 0.376. The highest BCUT2D eigenvalue weighted by Gasteiger charge is 2.00. The Labute approximate surface area is 95.5 Å². The molecule has 16 heavy (non-hydrogen) atoms. The number of carbonyl (C=O) groups excluding carboxylic acids is 1. The predicted octanol–water partition coefficient (Wildman–Crippen LogP) is 0.569. The smallest absolute Gasteiger partial charge is 0.252 e. The molecule has 0 saturated carbocycles. The van der Waals surface area contributed by atoms with Gasteiger partial charge >= 0.3 is 0 Å². The fourth-order valence-electron chi connectivity index (χ4n) is 0.992. The molecular formula is C11H19N3O2. The van der Waals surface area contributed by atoms with Gasteiger partial charge in [-0.1, -0.05) is 13.8 Å². The Kier molecular flexibility index (Phi) is 6.87. The second-order valence-electron chi connectivity index (χ2n) is 2.94. The Bertz CT molecular complexity index is 385. The molecule has 1 amide bonds. The van der Waals surface area contributed by atoms with Crippen LogP contribution in [-0.4, -0.2) is 24.1 Å². The number of rotatable bonds is 3. The summed E-state index contributed by atoms with van der Waals surface area (Å²) >= 11 is 0. The van der Waals surface area contributed by atoms with Crippen LogP contribution in [0.1, 0.15) is 13.8 Å². The van der Waals surface area contributed by atoms with E-state index in [2.05, 4.69) is 10.6 Å². The summed E-state index contributed by atoms with van der Waals surface area (Å²) in [6.45, 7) is 4.23. The molecule has 0 saturated heterocycles. The van der Waals surface area contributed by atoms with Crippen molar-refractivity contribution in [3.8, 4) is 0 Å². The van der Waals surface area contributed by atoms with Crippen molar-refractivity contribution in [1.29, 1.82) is 0 Å². The summed E-state index contributed by atoms with van der Waals surface area (Å²) in [7, 11) is 3.34. The maximum atomic E-state index is 11.2. The Morgan fingerprint density at radius 1 is 1.44 bits per heavy atom. The van der Waals surface area contributed by atoms with Crippen molar-refractivity contribution in [3.05, 3.63) is 28.7 Å². The van der Waals surface area contributed by atoms with E-state index in [9.17, 15) is 9.59 Å². The average Bonchev–Trinajstić information content (AvgIpc) is 2.27. The van der Waals surface area contributed by atoms with Crippen LogP contribution in [0.5, 0.6) is 0 Å². The molecule has 2 N–H and O–H groups in total. The van der Waals surface area contributed by atoms with Crippen LogP contribution in [0.4, 0.5) is 5.69 Å². The average molecular weight is 225 g/mol. The molecule has 1 heterocycles. The molecule has 90 valence electrons. The Morgan fingerprint density at radius 2 is 2.06 bits per heavy atom. The number of carbonyl (C=O) groups is 1. The SMILES string of the molecule is CC.CNCC(=O)Nc1ccn(C)c(=O)c1. The summed E-state index contributed by atoms with van der Waals surface area (Å²) in [6, 6.07) is 3.06. The van der Waals surface area contributed by atoms with E-state index < -0.39 is 0 Å². The molecule has 1 rings (SSSR count). The first kappa shape index (κ1) is 14.4. The molecule has 1 aromatic rings. The van der Waals surface area contributed by atoms with E-state index in [0.29, 0.717) is 5.69 Å². The zero-order valence-electron chi connectivity index (χ0n) is 10.2. The topological polar surface area (TPSA) is 63.1 Å². The second-order valence-corrected chi connectivity index (χ2v) is 2.94. The first-order valence-corrected chi connectivity index (χ1v) is 5.24. The summed E-state index contributed by atoms with van der Waals surface area (Å²) in [6.07, 6.45) is 1.61. The molecule has 0 spiro atoms. The van der Waals surface area contributed by atoms with Gasteiger partial charge in [0.05, 0.1) is 6.54 Å². The Morgan fingerprint density at radius 3 is 2.56 bits per heavy atom. The monoisotopic (exact) mass is 225 g/mol. The van der Waals surface area contributed by atoms with Gasteiger partial charge in [-0.05, 0) is 13.1 Å². The van der Waals surface area contributed by atoms with E-state index in [1.165, 1.54) is 10.6 Å². The van der Waals surface area contributed by atoms with Crippen molar-refractivity contribution >= 4 is 11.6 Å². The number of nitrogens with one attached hydrogen (secondary N) is 2. The lowest BCUT2D eigenvalue weighted by Gasteiger charge is -2.04. The number of anilines is 1. The minimum atomic E-state index is -0.166. The number of aromatic nitrogens is 1. The van der Waals surface area contributed by atoms with Crippen LogP contribution in [0.25, 0.3) is 0 Å². The zero-order valence-corrected chi connectivity index (χ0v) is 10.2. The molecule has 0 radical (unpaired) electrons. The van der Waals surface area contributed by atoms with E-state index in [4.69, 9.17) is 0 Å². The molecule has 0 bridgehead atoms. The molecule has 0 aliphatic rings. The first-order chi connectivity index (χ1) is 7.63. The van der Waals surface area contributed by atoms with Gasteiger partial charge in [0.1, 0.15) is 0 Å². The van der Waals surface area contributed by atoms with Crippen molar-refractivity contribution in [1.82, 2.24) is 9.88 Å². The minimum absolute atomic E-state index is 0.146. The summed E-state index contributed by atoms with van der Waals surface area (Å²) in [4.78, 5) is 22.3. The third kappa shape index (κ3) is 4.75. The number of aryl methyl sites for hydroxylation is 1. The maximum absolute atomic E-state index is 11.2. The van der Waals surface area contributed by atoms with Crippen LogP contribution in [0, 0.1) is 0 Å². The number of hydrogen-bond acceptors (Lipinski definition) is 3. The van der Waals surface area contributed by atoms with Crippen LogP contribution in [0.15, 0.2) is 23.1 Å². The van der Waals surface area contributed by atoms with E-state index >= 15 is 0 Å². The quantitative estimate of drug-likeness (QED) is 0.790. The molecule has 1 aromatic heterocycles. The number of likely N-dealkylation sites (N-methyl/N-ethyl adjacent to an activating group) is 1. The molecule has 0 fully saturated rings. The Hall–Kier alpha value is -1.62. The molecule has 0 aliphatic carbocycles. The molecule has 0 unspecified atom stereocenters. The van der Waals surface area contributed by atoms with Gasteiger partial charge in [-0.2, -0.15) is 0 Å². The third-order valence-electron chi connectivity index (χ3n) is 1.73. The highest BCUT2D eigenvalue weighted by atomic mass is 16.2. The largest absolute Gasteiger partial charge is 0.325 e. The highest BCUT2D eigenvalue weighted by Crippen LogP contribution is 2.00. The van der Waals surface area contributed by atoms with Crippen LogP contribution in [0.2, 0.25) is 0 Å². The van der Waals surface area contributed by atoms with Gasteiger partial charge in [0.15, 0.2) is 0 Å². The van der Waals surface area contributed by atoms with Gasteiger partial charge in [0.2, 0.25) is 5.91 Å². The van der Waals surface area contributed by atoms with Gasteiger partial charge in [-0.25, -0.2) is 0 Å². The van der Waals surface area contributed by atoms with Crippen molar-refractivity contribution in [2.45, 2.75) is 13.8 Å². The standard InChI is InChI=1S/C9H13N3O2.C2H6/c1-10-6-8(13)11-7-3-4-12(2)9(14)5-7;1-2/h3-5,10H,6H2,1-2H3,(H,11,13);1-2H3. The lowest BCUT2D eigenvalue weighted by atomic mass is 10.4. The van der Waals surface area contributed by atoms with Crippen molar-refractivity contribution in [2.24, 2.45) is 7.05 Å². The van der Waals surface area contributed by atoms with Gasteiger partial charge in [0, 0.05) is 25.0 Å². The lowest BCUT2D eigenvalue weighted by Crippen LogP contribution is -2.26. The molecule has 5 nitrogen and oxygen atoms in total. The summed E-state index contributed by atoms with van der Waals surface area (Å²) in [5.74, 6) is -0.166. The highest BCUT2D eigenvalue weighted by molar-refractivity contribution is 5.92. The first-order valence-electron chi connectivity index (χ1n) is 5.24. The normalized spacial score (nSPS) is 9.00. The Balaban J connectivity index is 0.00000106. The lowest BCUT2D eigenvalue weighted by molar-refractivity contribution is -0.115. The van der Waals surface area contributed by atoms with E-state index in [1.54, 1.807) is 26.4 Å². The van der Waals surface area contributed by atoms with Crippen LogP contribution in [0.3, 0.4) is 0 Å². The van der Waals surface area contributed by atoms with Crippen LogP contribution >= 0.6 is 0 Å². The molecule has 0 aliphatic heterocycles. The fourth-order valence-corrected chi connectivity index (χ4v) is 0.992. The van der Waals surface area contributed by atoms with Crippen molar-refractivity contribution in [3.63, 3.8) is 0 Å². The molecular weight excluding hydrogens is 206 g/mol. The molecule has 0 atom stereocenters. The van der Waals surface area contributed by atoms with Crippen LogP contribution < -0.4 is 16.2 Å². The molecule has 0 aromatic carbocycles. The van der Waals surface area contributed by atoms with Gasteiger partial charge < -0.3 is 15.2 Å². The maximum Gasteiger partial charge on any atom is 0.252 e. The van der Waals surface area contributed by atoms with E-state index in [-0.39, 0.29) is 18.0 Å². The molecule has 5 heteroatoms. The minimum Gasteiger partial charge on any atom is -0.325 e. The van der Waals surface area contributed by atoms with Crippen LogP contribution in [-0.2, 0) is 11.8 Å². The second kappa shape index (κ2) is 7.64. The number of amides is 1. The van der Waals surface area contributed by atoms with Crippen molar-refractivity contribution < 1.29 is 4.79 Å². The van der Waals surface area contributed by atoms with Gasteiger partial charge in [-0.3, -0.25) is 9.59 Å². The summed E-state index contributed by atoms with van der Waals surface area (Å²) < 4.78 is 1.44. The number of hydrogen-bond donors (Lipinski definition) is 2. The fraction of sp³-hybridized carbons (Fsp3) is 0.455. The number of nitrogens with zero attached hydrogens (tertiary/aromatic N) is 1. The van der Waals surface area contributed by atoms with Gasteiger partial charge in [-0.15, -0.1) is 0 Å².